The Labute approximate surface area is 103 Å². The molecule has 82 valence electrons. The summed E-state index contributed by atoms with van der Waals surface area (Å²) in [6, 6.07) is 5.58. The molecular weight excluding hydrogens is 295 g/mol. The Morgan fingerprint density at radius 3 is 2.62 bits per heavy atom. The van der Waals surface area contributed by atoms with Gasteiger partial charge in [0.15, 0.2) is 4.77 Å². The average molecular weight is 301 g/mol. The van der Waals surface area contributed by atoms with Gasteiger partial charge in [-0.25, -0.2) is 4.39 Å². The second-order valence-electron chi connectivity index (χ2n) is 3.13. The summed E-state index contributed by atoms with van der Waals surface area (Å²) in [4.78, 5) is 16.5. The monoisotopic (exact) mass is 300 g/mol. The maximum absolute atomic E-state index is 12.9. The maximum atomic E-state index is 12.9. The van der Waals surface area contributed by atoms with Gasteiger partial charge < -0.3 is 4.98 Å². The van der Waals surface area contributed by atoms with Crippen LogP contribution in [0.5, 0.6) is 0 Å². The molecule has 0 radical (unpaired) electrons. The molecule has 1 aromatic carbocycles. The van der Waals surface area contributed by atoms with Gasteiger partial charge in [0.05, 0.1) is 5.69 Å². The summed E-state index contributed by atoms with van der Waals surface area (Å²) in [6.45, 7) is 0. The third-order valence-electron chi connectivity index (χ3n) is 1.98. The van der Waals surface area contributed by atoms with Crippen LogP contribution >= 0.6 is 28.1 Å². The summed E-state index contributed by atoms with van der Waals surface area (Å²) in [5.74, 6) is -0.348. The predicted molar refractivity (Wildman–Crippen MR) is 65.3 cm³/mol. The fourth-order valence-electron chi connectivity index (χ4n) is 1.32. The molecule has 6 heteroatoms. The molecule has 0 saturated heterocycles. The lowest BCUT2D eigenvalue weighted by atomic mass is 10.1. The van der Waals surface area contributed by atoms with E-state index in [4.69, 9.17) is 12.2 Å². The van der Waals surface area contributed by atoms with Crippen molar-refractivity contribution in [2.45, 2.75) is 0 Å². The molecule has 0 atom stereocenters. The number of nitrogens with one attached hydrogen (secondary N) is 2. The van der Waals surface area contributed by atoms with E-state index in [1.54, 1.807) is 6.07 Å². The van der Waals surface area contributed by atoms with Crippen molar-refractivity contribution in [1.82, 2.24) is 9.97 Å². The van der Waals surface area contributed by atoms with E-state index in [9.17, 15) is 9.18 Å². The summed E-state index contributed by atoms with van der Waals surface area (Å²) >= 11 is 8.08. The Bertz CT molecular complexity index is 622. The highest BCUT2D eigenvalue weighted by Crippen LogP contribution is 2.26. The number of H-pyrrole nitrogens is 2. The zero-order valence-electron chi connectivity index (χ0n) is 7.88. The van der Waals surface area contributed by atoms with Gasteiger partial charge in [0.1, 0.15) is 5.82 Å². The highest BCUT2D eigenvalue weighted by molar-refractivity contribution is 9.10. The van der Waals surface area contributed by atoms with Crippen molar-refractivity contribution < 1.29 is 4.39 Å². The molecule has 0 saturated carbocycles. The topological polar surface area (TPSA) is 48.6 Å². The van der Waals surface area contributed by atoms with Crippen molar-refractivity contribution in [2.75, 3.05) is 0 Å². The van der Waals surface area contributed by atoms with E-state index in [0.29, 0.717) is 15.7 Å². The molecule has 0 unspecified atom stereocenters. The van der Waals surface area contributed by atoms with E-state index in [1.807, 2.05) is 0 Å². The first-order chi connectivity index (χ1) is 7.56. The van der Waals surface area contributed by atoms with E-state index in [0.717, 1.165) is 0 Å². The van der Waals surface area contributed by atoms with Gasteiger partial charge in [0, 0.05) is 16.1 Å². The summed E-state index contributed by atoms with van der Waals surface area (Å²) in [7, 11) is 0. The molecule has 0 amide bonds. The van der Waals surface area contributed by atoms with Crippen LogP contribution in [0.2, 0.25) is 0 Å². The van der Waals surface area contributed by atoms with Crippen LogP contribution in [0.25, 0.3) is 11.3 Å². The van der Waals surface area contributed by atoms with E-state index in [2.05, 4.69) is 25.9 Å². The van der Waals surface area contributed by atoms with Gasteiger partial charge in [-0.2, -0.15) is 0 Å². The molecule has 3 nitrogen and oxygen atoms in total. The molecule has 2 rings (SSSR count). The summed E-state index contributed by atoms with van der Waals surface area (Å²) < 4.78 is 13.7. The number of rotatable bonds is 1. The van der Waals surface area contributed by atoms with Gasteiger partial charge >= 0.3 is 0 Å². The average Bonchev–Trinajstić information content (AvgIpc) is 2.15. The lowest BCUT2D eigenvalue weighted by Crippen LogP contribution is -2.06. The van der Waals surface area contributed by atoms with Crippen molar-refractivity contribution in [3.63, 3.8) is 0 Å². The smallest absolute Gasteiger partial charge is 0.252 e. The van der Waals surface area contributed by atoms with Crippen molar-refractivity contribution in [2.24, 2.45) is 0 Å². The van der Waals surface area contributed by atoms with Gasteiger partial charge in [-0.3, -0.25) is 9.78 Å². The molecule has 0 fully saturated rings. The highest BCUT2D eigenvalue weighted by atomic mass is 79.9. The molecular formula is C10H6BrFN2OS. The van der Waals surface area contributed by atoms with Crippen molar-refractivity contribution in [1.29, 1.82) is 0 Å². The van der Waals surface area contributed by atoms with E-state index in [-0.39, 0.29) is 16.1 Å². The fraction of sp³-hybridized carbons (Fsp3) is 0. The highest BCUT2D eigenvalue weighted by Gasteiger charge is 2.05. The largest absolute Gasteiger partial charge is 0.332 e. The van der Waals surface area contributed by atoms with Gasteiger partial charge in [0.2, 0.25) is 0 Å². The van der Waals surface area contributed by atoms with Crippen LogP contribution in [-0.2, 0) is 0 Å². The number of hydrogen-bond acceptors (Lipinski definition) is 2. The summed E-state index contributed by atoms with van der Waals surface area (Å²) in [5, 5.41) is 0. The Balaban J connectivity index is 2.67. The Hall–Kier alpha value is -1.27. The number of benzene rings is 1. The summed E-state index contributed by atoms with van der Waals surface area (Å²) in [6.07, 6.45) is 0. The molecule has 0 aliphatic rings. The standard InChI is InChI=1S/C10H6BrFN2OS/c11-7-3-5(12)1-2-6(7)8-4-9(15)14-10(16)13-8/h1-4H,(H2,13,14,15,16). The maximum Gasteiger partial charge on any atom is 0.252 e. The van der Waals surface area contributed by atoms with E-state index < -0.39 is 0 Å². The van der Waals surface area contributed by atoms with Crippen LogP contribution in [0.4, 0.5) is 4.39 Å². The van der Waals surface area contributed by atoms with Crippen molar-refractivity contribution in [3.8, 4) is 11.3 Å². The lowest BCUT2D eigenvalue weighted by molar-refractivity contribution is 0.627. The first kappa shape index (κ1) is 11.2. The molecule has 1 heterocycles. The van der Waals surface area contributed by atoms with Crippen LogP contribution < -0.4 is 5.56 Å². The van der Waals surface area contributed by atoms with Crippen LogP contribution in [0.15, 0.2) is 33.5 Å². The van der Waals surface area contributed by atoms with Crippen LogP contribution in [0.3, 0.4) is 0 Å². The zero-order valence-corrected chi connectivity index (χ0v) is 10.3. The third-order valence-corrected chi connectivity index (χ3v) is 2.84. The third kappa shape index (κ3) is 2.28. The van der Waals surface area contributed by atoms with E-state index >= 15 is 0 Å². The molecule has 2 N–H and O–H groups in total. The molecule has 1 aromatic heterocycles. The first-order valence-corrected chi connectivity index (χ1v) is 5.55. The van der Waals surface area contributed by atoms with Gasteiger partial charge in [-0.05, 0) is 46.3 Å². The minimum Gasteiger partial charge on any atom is -0.332 e. The van der Waals surface area contributed by atoms with Gasteiger partial charge in [0.25, 0.3) is 5.56 Å². The van der Waals surface area contributed by atoms with Crippen LogP contribution in [0, 0.1) is 10.6 Å². The fourth-order valence-corrected chi connectivity index (χ4v) is 2.10. The minimum absolute atomic E-state index is 0.235. The second kappa shape index (κ2) is 4.31. The van der Waals surface area contributed by atoms with Crippen LogP contribution in [-0.4, -0.2) is 9.97 Å². The quantitative estimate of drug-likeness (QED) is 0.796. The van der Waals surface area contributed by atoms with E-state index in [1.165, 1.54) is 18.2 Å². The lowest BCUT2D eigenvalue weighted by Gasteiger charge is -2.04. The van der Waals surface area contributed by atoms with Crippen LogP contribution in [0.1, 0.15) is 0 Å². The van der Waals surface area contributed by atoms with Gasteiger partial charge in [-0.1, -0.05) is 0 Å². The minimum atomic E-state index is -0.348. The molecule has 0 bridgehead atoms. The number of halogens is 2. The molecule has 0 spiro atoms. The Morgan fingerprint density at radius 2 is 2.00 bits per heavy atom. The van der Waals surface area contributed by atoms with Gasteiger partial charge in [-0.15, -0.1) is 0 Å². The SMILES string of the molecule is O=c1cc(-c2ccc(F)cc2Br)[nH]c(=S)[nH]1. The summed E-state index contributed by atoms with van der Waals surface area (Å²) in [5.41, 5.74) is 0.925. The molecule has 0 aliphatic carbocycles. The first-order valence-electron chi connectivity index (χ1n) is 4.35. The number of aromatic nitrogens is 2. The Morgan fingerprint density at radius 1 is 1.25 bits per heavy atom. The normalized spacial score (nSPS) is 10.4. The van der Waals surface area contributed by atoms with Crippen molar-refractivity contribution in [3.05, 3.63) is 49.7 Å². The predicted octanol–water partition coefficient (Wildman–Crippen LogP) is 3.00. The number of aromatic amines is 2. The van der Waals surface area contributed by atoms with Crippen molar-refractivity contribution >= 4 is 28.1 Å². The Kier molecular flexibility index (Phi) is 3.02. The molecule has 16 heavy (non-hydrogen) atoms. The molecule has 0 aliphatic heterocycles. The molecule has 2 aromatic rings. The number of hydrogen-bond donors (Lipinski definition) is 2. The zero-order chi connectivity index (χ0) is 11.7. The second-order valence-corrected chi connectivity index (χ2v) is 4.39.